The summed E-state index contributed by atoms with van der Waals surface area (Å²) in [5.74, 6) is 1.34. The van der Waals surface area contributed by atoms with Crippen molar-refractivity contribution in [2.45, 2.75) is 19.0 Å². The first-order chi connectivity index (χ1) is 9.33. The minimum absolute atomic E-state index is 0.230. The fourth-order valence-electron chi connectivity index (χ4n) is 1.27. The number of hydrogen-bond acceptors (Lipinski definition) is 6. The summed E-state index contributed by atoms with van der Waals surface area (Å²) in [7, 11) is 0. The Kier molecular flexibility index (Phi) is 6.59. The van der Waals surface area contributed by atoms with Crippen molar-refractivity contribution >= 4 is 23.9 Å². The minimum atomic E-state index is 0.230. The number of aldehydes is 1. The van der Waals surface area contributed by atoms with Crippen LogP contribution in [0, 0.1) is 0 Å². The Labute approximate surface area is 116 Å². The molecule has 6 nitrogen and oxygen atoms in total. The van der Waals surface area contributed by atoms with Crippen LogP contribution in [0.25, 0.3) is 5.82 Å². The third-order valence-electron chi connectivity index (χ3n) is 2.01. The summed E-state index contributed by atoms with van der Waals surface area (Å²) in [6, 6.07) is 1.77. The number of rotatable bonds is 5. The topological polar surface area (TPSA) is 72.7 Å². The molecule has 0 saturated heterocycles. The van der Waals surface area contributed by atoms with Crippen LogP contribution in [0.2, 0.25) is 0 Å². The zero-order valence-electron chi connectivity index (χ0n) is 11.2. The molecule has 0 bridgehead atoms. The second-order valence-corrected chi connectivity index (χ2v) is 3.89. The van der Waals surface area contributed by atoms with Crippen LogP contribution in [0.1, 0.15) is 13.8 Å². The van der Waals surface area contributed by atoms with Crippen molar-refractivity contribution < 1.29 is 4.79 Å². The van der Waals surface area contributed by atoms with E-state index in [0.29, 0.717) is 11.0 Å². The number of carbonyl (C=O) groups excluding carboxylic acids is 1. The lowest BCUT2D eigenvalue weighted by atomic mass is 10.5. The van der Waals surface area contributed by atoms with Crippen molar-refractivity contribution in [1.29, 1.82) is 0 Å². The average Bonchev–Trinajstić information content (AvgIpc) is 3.01. The third-order valence-corrected chi connectivity index (χ3v) is 2.56. The molecule has 0 aliphatic carbocycles. The molecule has 0 atom stereocenters. The van der Waals surface area contributed by atoms with Crippen molar-refractivity contribution in [3.8, 4) is 5.82 Å². The summed E-state index contributed by atoms with van der Waals surface area (Å²) < 4.78 is 1.79. The predicted octanol–water partition coefficient (Wildman–Crippen LogP) is 2.02. The van der Waals surface area contributed by atoms with E-state index >= 15 is 0 Å². The normalized spacial score (nSPS) is 9.42. The molecule has 2 aromatic heterocycles. The Balaban J connectivity index is 0.000000861. The largest absolute Gasteiger partial charge is 0.363 e. The molecule has 0 aromatic carbocycles. The highest BCUT2D eigenvalue weighted by Gasteiger charge is 2.05. The van der Waals surface area contributed by atoms with E-state index in [1.807, 2.05) is 20.1 Å². The van der Waals surface area contributed by atoms with Crippen LogP contribution < -0.4 is 5.32 Å². The van der Waals surface area contributed by atoms with Gasteiger partial charge in [-0.2, -0.15) is 0 Å². The molecular formula is C12H17N5OS. The highest BCUT2D eigenvalue weighted by molar-refractivity contribution is 7.98. The maximum Gasteiger partial charge on any atom is 0.191 e. The van der Waals surface area contributed by atoms with Gasteiger partial charge in [0.15, 0.2) is 5.16 Å². The lowest BCUT2D eigenvalue weighted by Gasteiger charge is -2.07. The molecule has 7 heteroatoms. The second kappa shape index (κ2) is 8.25. The van der Waals surface area contributed by atoms with Crippen molar-refractivity contribution in [3.63, 3.8) is 0 Å². The fraction of sp³-hybridized carbons (Fsp3) is 0.333. The monoisotopic (exact) mass is 279 g/mol. The van der Waals surface area contributed by atoms with Gasteiger partial charge in [-0.3, -0.25) is 4.57 Å². The first kappa shape index (κ1) is 15.2. The Bertz CT molecular complexity index is 501. The maximum absolute atomic E-state index is 10.3. The van der Waals surface area contributed by atoms with Gasteiger partial charge >= 0.3 is 0 Å². The van der Waals surface area contributed by atoms with Crippen molar-refractivity contribution in [3.05, 3.63) is 24.8 Å². The Morgan fingerprint density at radius 2 is 2.21 bits per heavy atom. The molecule has 0 saturated carbocycles. The number of thioether (sulfide) groups is 1. The van der Waals surface area contributed by atoms with E-state index < -0.39 is 0 Å². The van der Waals surface area contributed by atoms with E-state index in [9.17, 15) is 4.79 Å². The van der Waals surface area contributed by atoms with E-state index in [1.54, 1.807) is 29.4 Å². The number of nitrogens with one attached hydrogen (secondary N) is 1. The maximum atomic E-state index is 10.3. The summed E-state index contributed by atoms with van der Waals surface area (Å²) in [5, 5.41) is 3.55. The van der Waals surface area contributed by atoms with Gasteiger partial charge < -0.3 is 10.1 Å². The van der Waals surface area contributed by atoms with Gasteiger partial charge in [-0.15, -0.1) is 0 Å². The lowest BCUT2D eigenvalue weighted by molar-refractivity contribution is -0.106. The molecular weight excluding hydrogens is 262 g/mol. The molecule has 0 fully saturated rings. The van der Waals surface area contributed by atoms with Crippen molar-refractivity contribution in [2.75, 3.05) is 18.1 Å². The van der Waals surface area contributed by atoms with Crippen LogP contribution in [-0.2, 0) is 4.79 Å². The molecule has 0 unspecified atom stereocenters. The van der Waals surface area contributed by atoms with Gasteiger partial charge in [0, 0.05) is 18.5 Å². The number of aromatic nitrogens is 4. The number of carbonyl (C=O) groups is 1. The minimum Gasteiger partial charge on any atom is -0.363 e. The van der Waals surface area contributed by atoms with E-state index in [1.165, 1.54) is 11.8 Å². The molecule has 2 rings (SSSR count). The van der Waals surface area contributed by atoms with Crippen LogP contribution >= 0.6 is 11.8 Å². The summed E-state index contributed by atoms with van der Waals surface area (Å²) in [6.07, 6.45) is 7.83. The summed E-state index contributed by atoms with van der Waals surface area (Å²) in [4.78, 5) is 22.9. The van der Waals surface area contributed by atoms with Crippen molar-refractivity contribution in [2.24, 2.45) is 0 Å². The van der Waals surface area contributed by atoms with Gasteiger partial charge in [-0.05, 0) is 6.26 Å². The summed E-state index contributed by atoms with van der Waals surface area (Å²) >= 11 is 1.44. The number of anilines is 1. The predicted molar refractivity (Wildman–Crippen MR) is 76.8 cm³/mol. The Hall–Kier alpha value is -1.89. The van der Waals surface area contributed by atoms with Gasteiger partial charge in [0.1, 0.15) is 24.2 Å². The van der Waals surface area contributed by atoms with Crippen LogP contribution in [0.3, 0.4) is 0 Å². The molecule has 102 valence electrons. The van der Waals surface area contributed by atoms with Crippen LogP contribution in [0.4, 0.5) is 5.82 Å². The molecule has 0 spiro atoms. The molecule has 0 amide bonds. The van der Waals surface area contributed by atoms with E-state index in [2.05, 4.69) is 20.3 Å². The molecule has 1 N–H and O–H groups in total. The average molecular weight is 279 g/mol. The van der Waals surface area contributed by atoms with E-state index in [-0.39, 0.29) is 6.54 Å². The SMILES string of the molecule is CC.CSc1nc(NCC=O)cc(-n2ccnc2)n1. The van der Waals surface area contributed by atoms with Gasteiger partial charge in [-0.1, -0.05) is 25.6 Å². The standard InChI is InChI=1S/C10H11N5OS.C2H6/c1-17-10-13-8(12-3-5-16)6-9(14-10)15-4-2-11-7-15;1-2/h2,4-7H,3H2,1H3,(H,12,13,14);1-2H3. The molecule has 0 aliphatic rings. The lowest BCUT2D eigenvalue weighted by Crippen LogP contribution is -2.07. The number of nitrogens with zero attached hydrogens (tertiary/aromatic N) is 4. The fourth-order valence-corrected chi connectivity index (χ4v) is 1.64. The molecule has 2 heterocycles. The number of hydrogen-bond donors (Lipinski definition) is 1. The summed E-state index contributed by atoms with van der Waals surface area (Å²) in [5.41, 5.74) is 0. The van der Waals surface area contributed by atoms with Crippen molar-refractivity contribution in [1.82, 2.24) is 19.5 Å². The molecule has 2 aromatic rings. The van der Waals surface area contributed by atoms with E-state index in [4.69, 9.17) is 0 Å². The van der Waals surface area contributed by atoms with Gasteiger partial charge in [0.2, 0.25) is 0 Å². The third kappa shape index (κ3) is 4.36. The zero-order valence-corrected chi connectivity index (χ0v) is 12.0. The van der Waals surface area contributed by atoms with Crippen LogP contribution in [0.15, 0.2) is 29.9 Å². The summed E-state index contributed by atoms with van der Waals surface area (Å²) in [6.45, 7) is 4.23. The highest BCUT2D eigenvalue weighted by atomic mass is 32.2. The van der Waals surface area contributed by atoms with Gasteiger partial charge in [0.25, 0.3) is 0 Å². The van der Waals surface area contributed by atoms with Crippen LogP contribution in [-0.4, -0.2) is 38.6 Å². The Morgan fingerprint density at radius 1 is 1.42 bits per heavy atom. The second-order valence-electron chi connectivity index (χ2n) is 3.12. The first-order valence-electron chi connectivity index (χ1n) is 5.92. The highest BCUT2D eigenvalue weighted by Crippen LogP contribution is 2.16. The quantitative estimate of drug-likeness (QED) is 0.513. The van der Waals surface area contributed by atoms with Gasteiger partial charge in [0.05, 0.1) is 6.54 Å². The van der Waals surface area contributed by atoms with Gasteiger partial charge in [-0.25, -0.2) is 15.0 Å². The van der Waals surface area contributed by atoms with E-state index in [0.717, 1.165) is 12.1 Å². The molecule has 19 heavy (non-hydrogen) atoms. The Morgan fingerprint density at radius 3 is 2.79 bits per heavy atom. The molecule has 0 aliphatic heterocycles. The zero-order chi connectivity index (χ0) is 14.1. The molecule has 0 radical (unpaired) electrons. The van der Waals surface area contributed by atoms with Crippen LogP contribution in [0.5, 0.6) is 0 Å². The number of imidazole rings is 1. The smallest absolute Gasteiger partial charge is 0.191 e. The first-order valence-corrected chi connectivity index (χ1v) is 7.15.